The first-order chi connectivity index (χ1) is 8.24. The molecule has 2 aromatic rings. The Balaban J connectivity index is 2.26. The average Bonchev–Trinajstić information content (AvgIpc) is 2.74. The Morgan fingerprint density at radius 2 is 2.06 bits per heavy atom. The van der Waals surface area contributed by atoms with Crippen molar-refractivity contribution in [2.24, 2.45) is 0 Å². The zero-order chi connectivity index (χ0) is 12.3. The number of carbonyl (C=O) groups excluding carboxylic acids is 1. The maximum Gasteiger partial charge on any atom is 0.302 e. The number of imidazole rings is 1. The summed E-state index contributed by atoms with van der Waals surface area (Å²) in [6.45, 7) is 4.60. The maximum atomic E-state index is 10.8. The minimum Gasteiger partial charge on any atom is -0.426 e. The zero-order valence-corrected chi connectivity index (χ0v) is 9.88. The first kappa shape index (κ1) is 11.4. The minimum absolute atomic E-state index is 0.443. The van der Waals surface area contributed by atoms with Gasteiger partial charge in [-0.25, -0.2) is 4.98 Å². The van der Waals surface area contributed by atoms with Crippen molar-refractivity contribution in [1.29, 1.82) is 0 Å². The number of carbonyl (C=O) groups is 1. The molecule has 1 aromatic carbocycles. The first-order valence-electron chi connectivity index (χ1n) is 5.50. The van der Waals surface area contributed by atoms with Gasteiger partial charge >= 0.3 is 6.01 Å². The number of ether oxygens (including phenoxy) is 1. The lowest BCUT2D eigenvalue weighted by Gasteiger charge is -2.07. The number of hydrogen-bond acceptors (Lipinski definition) is 3. The van der Waals surface area contributed by atoms with Gasteiger partial charge in [-0.15, -0.1) is 0 Å². The Hall–Kier alpha value is -2.10. The Labute approximate surface area is 99.9 Å². The number of rotatable bonds is 4. The molecular weight excluding hydrogens is 216 g/mol. The number of benzene rings is 1. The van der Waals surface area contributed by atoms with Crippen LogP contribution in [0, 0.1) is 6.92 Å². The molecule has 0 spiro atoms. The van der Waals surface area contributed by atoms with Gasteiger partial charge in [0, 0.05) is 6.54 Å². The lowest BCUT2D eigenvalue weighted by molar-refractivity contribution is 0.111. The predicted molar refractivity (Wildman–Crippen MR) is 64.5 cm³/mol. The fourth-order valence-electron chi connectivity index (χ4n) is 1.58. The Kier molecular flexibility index (Phi) is 3.23. The molecule has 4 nitrogen and oxygen atoms in total. The molecule has 2 rings (SSSR count). The Bertz CT molecular complexity index is 515. The molecule has 0 N–H and O–H groups in total. The third-order valence-corrected chi connectivity index (χ3v) is 2.52. The van der Waals surface area contributed by atoms with E-state index in [4.69, 9.17) is 4.74 Å². The van der Waals surface area contributed by atoms with Gasteiger partial charge in [-0.3, -0.25) is 9.36 Å². The van der Waals surface area contributed by atoms with Crippen molar-refractivity contribution < 1.29 is 9.53 Å². The number of nitrogens with zero attached hydrogens (tertiary/aromatic N) is 2. The van der Waals surface area contributed by atoms with Crippen molar-refractivity contribution >= 4 is 6.29 Å². The molecule has 0 aliphatic carbocycles. The van der Waals surface area contributed by atoms with Gasteiger partial charge in [-0.2, -0.15) is 0 Å². The summed E-state index contributed by atoms with van der Waals surface area (Å²) in [5.41, 5.74) is 1.69. The molecule has 0 bridgehead atoms. The number of hydrogen-bond donors (Lipinski definition) is 0. The predicted octanol–water partition coefficient (Wildman–Crippen LogP) is 2.82. The summed E-state index contributed by atoms with van der Waals surface area (Å²) >= 11 is 0. The van der Waals surface area contributed by atoms with E-state index in [0.29, 0.717) is 24.0 Å². The maximum absolute atomic E-state index is 10.8. The van der Waals surface area contributed by atoms with Crippen LogP contribution in [0.15, 0.2) is 30.5 Å². The van der Waals surface area contributed by atoms with Crippen LogP contribution >= 0.6 is 0 Å². The van der Waals surface area contributed by atoms with Crippen LogP contribution in [0.4, 0.5) is 0 Å². The summed E-state index contributed by atoms with van der Waals surface area (Å²) in [4.78, 5) is 14.9. The molecule has 17 heavy (non-hydrogen) atoms. The molecule has 88 valence electrons. The molecule has 0 saturated heterocycles. The van der Waals surface area contributed by atoms with Crippen molar-refractivity contribution in [3.8, 4) is 11.8 Å². The van der Waals surface area contributed by atoms with Crippen LogP contribution in [0.2, 0.25) is 0 Å². The third-order valence-electron chi connectivity index (χ3n) is 2.52. The Morgan fingerprint density at radius 3 is 2.65 bits per heavy atom. The highest BCUT2D eigenvalue weighted by atomic mass is 16.5. The summed E-state index contributed by atoms with van der Waals surface area (Å²) in [6.07, 6.45) is 2.29. The van der Waals surface area contributed by atoms with Crippen LogP contribution in [-0.2, 0) is 6.54 Å². The molecule has 0 aliphatic rings. The van der Waals surface area contributed by atoms with E-state index >= 15 is 0 Å². The van der Waals surface area contributed by atoms with Gasteiger partial charge in [-0.05, 0) is 26.0 Å². The zero-order valence-electron chi connectivity index (χ0n) is 9.88. The van der Waals surface area contributed by atoms with E-state index in [1.165, 1.54) is 11.8 Å². The second-order valence-electron chi connectivity index (χ2n) is 3.74. The molecule has 0 radical (unpaired) electrons. The number of aldehydes is 1. The van der Waals surface area contributed by atoms with Crippen LogP contribution in [0.25, 0.3) is 0 Å². The fraction of sp³-hybridized carbons (Fsp3) is 0.231. The van der Waals surface area contributed by atoms with E-state index < -0.39 is 0 Å². The van der Waals surface area contributed by atoms with Gasteiger partial charge in [0.15, 0.2) is 6.29 Å². The summed E-state index contributed by atoms with van der Waals surface area (Å²) in [5, 5.41) is 0. The van der Waals surface area contributed by atoms with Crippen molar-refractivity contribution in [2.75, 3.05) is 0 Å². The van der Waals surface area contributed by atoms with Gasteiger partial charge in [0.25, 0.3) is 0 Å². The standard InChI is InChI=1S/C13H14N2O2/c1-3-15-11(9-16)8-14-13(15)17-12-6-4-10(2)5-7-12/h4-9H,3H2,1-2H3. The normalized spacial score (nSPS) is 10.2. The van der Waals surface area contributed by atoms with E-state index in [-0.39, 0.29) is 0 Å². The summed E-state index contributed by atoms with van der Waals surface area (Å²) in [6, 6.07) is 8.14. The second kappa shape index (κ2) is 4.82. The molecule has 0 atom stereocenters. The van der Waals surface area contributed by atoms with Crippen LogP contribution in [0.5, 0.6) is 11.8 Å². The molecule has 0 unspecified atom stereocenters. The van der Waals surface area contributed by atoms with Crippen molar-refractivity contribution in [3.63, 3.8) is 0 Å². The second-order valence-corrected chi connectivity index (χ2v) is 3.74. The average molecular weight is 230 g/mol. The van der Waals surface area contributed by atoms with E-state index in [2.05, 4.69) is 4.98 Å². The van der Waals surface area contributed by atoms with Crippen LogP contribution in [0.1, 0.15) is 23.0 Å². The lowest BCUT2D eigenvalue weighted by Crippen LogP contribution is -2.02. The number of aryl methyl sites for hydroxylation is 1. The molecule has 0 aliphatic heterocycles. The highest BCUT2D eigenvalue weighted by molar-refractivity contribution is 5.72. The first-order valence-corrected chi connectivity index (χ1v) is 5.50. The SMILES string of the molecule is CCn1c(C=O)cnc1Oc1ccc(C)cc1. The number of aromatic nitrogens is 2. The van der Waals surface area contributed by atoms with Crippen molar-refractivity contribution in [3.05, 3.63) is 41.7 Å². The highest BCUT2D eigenvalue weighted by Crippen LogP contribution is 2.21. The van der Waals surface area contributed by atoms with Gasteiger partial charge < -0.3 is 4.74 Å². The lowest BCUT2D eigenvalue weighted by atomic mass is 10.2. The van der Waals surface area contributed by atoms with Gasteiger partial charge in [0.1, 0.15) is 11.4 Å². The monoisotopic (exact) mass is 230 g/mol. The molecule has 0 fully saturated rings. The van der Waals surface area contributed by atoms with Crippen LogP contribution in [-0.4, -0.2) is 15.8 Å². The van der Waals surface area contributed by atoms with Crippen molar-refractivity contribution in [1.82, 2.24) is 9.55 Å². The third kappa shape index (κ3) is 2.36. The largest absolute Gasteiger partial charge is 0.426 e. The summed E-state index contributed by atoms with van der Waals surface area (Å²) in [7, 11) is 0. The van der Waals surface area contributed by atoms with Gasteiger partial charge in [0.05, 0.1) is 6.20 Å². The van der Waals surface area contributed by atoms with Crippen LogP contribution in [0.3, 0.4) is 0 Å². The van der Waals surface area contributed by atoms with E-state index in [0.717, 1.165) is 6.29 Å². The fourth-order valence-corrected chi connectivity index (χ4v) is 1.58. The molecule has 1 aromatic heterocycles. The topological polar surface area (TPSA) is 44.1 Å². The summed E-state index contributed by atoms with van der Waals surface area (Å²) < 4.78 is 7.36. The highest BCUT2D eigenvalue weighted by Gasteiger charge is 2.09. The van der Waals surface area contributed by atoms with E-state index in [1.807, 2.05) is 38.1 Å². The van der Waals surface area contributed by atoms with E-state index in [9.17, 15) is 4.79 Å². The molecule has 1 heterocycles. The molecule has 0 saturated carbocycles. The van der Waals surface area contributed by atoms with E-state index in [1.54, 1.807) is 4.57 Å². The van der Waals surface area contributed by atoms with Crippen LogP contribution < -0.4 is 4.74 Å². The molecule has 0 amide bonds. The molecular formula is C13H14N2O2. The summed E-state index contributed by atoms with van der Waals surface area (Å²) in [5.74, 6) is 0.716. The smallest absolute Gasteiger partial charge is 0.302 e. The minimum atomic E-state index is 0.443. The quantitative estimate of drug-likeness (QED) is 0.758. The van der Waals surface area contributed by atoms with Gasteiger partial charge in [0.2, 0.25) is 0 Å². The Morgan fingerprint density at radius 1 is 1.35 bits per heavy atom. The molecule has 4 heteroatoms. The van der Waals surface area contributed by atoms with Crippen molar-refractivity contribution in [2.45, 2.75) is 20.4 Å². The van der Waals surface area contributed by atoms with Gasteiger partial charge in [-0.1, -0.05) is 17.7 Å².